The maximum atomic E-state index is 5.47. The van der Waals surface area contributed by atoms with E-state index in [0.29, 0.717) is 6.04 Å². The van der Waals surface area contributed by atoms with Crippen LogP contribution in [0, 0.1) is 5.92 Å². The predicted octanol–water partition coefficient (Wildman–Crippen LogP) is 3.03. The topological polar surface area (TPSA) is 30.5 Å². The summed E-state index contributed by atoms with van der Waals surface area (Å²) in [5, 5.41) is 3.66. The summed E-state index contributed by atoms with van der Waals surface area (Å²) in [7, 11) is 1.71. The van der Waals surface area contributed by atoms with Gasteiger partial charge < -0.3 is 14.8 Å². The van der Waals surface area contributed by atoms with Gasteiger partial charge in [-0.05, 0) is 55.8 Å². The third kappa shape index (κ3) is 4.50. The van der Waals surface area contributed by atoms with Crippen molar-refractivity contribution in [3.63, 3.8) is 0 Å². The van der Waals surface area contributed by atoms with Gasteiger partial charge in [0.05, 0.1) is 7.11 Å². The van der Waals surface area contributed by atoms with Crippen LogP contribution in [-0.2, 0) is 11.2 Å². The van der Waals surface area contributed by atoms with Crippen molar-refractivity contribution < 1.29 is 9.47 Å². The zero-order valence-corrected chi connectivity index (χ0v) is 12.7. The van der Waals surface area contributed by atoms with Gasteiger partial charge in [0.15, 0.2) is 0 Å². The molecular formula is C17H27NO2. The molecule has 0 spiro atoms. The van der Waals surface area contributed by atoms with E-state index in [1.165, 1.54) is 24.8 Å². The first kappa shape index (κ1) is 15.3. The summed E-state index contributed by atoms with van der Waals surface area (Å²) in [6.45, 7) is 5.09. The molecular weight excluding hydrogens is 250 g/mol. The molecule has 0 aromatic heterocycles. The number of benzene rings is 1. The Morgan fingerprint density at radius 3 is 2.55 bits per heavy atom. The summed E-state index contributed by atoms with van der Waals surface area (Å²) < 4.78 is 10.7. The first-order valence-electron chi connectivity index (χ1n) is 7.77. The number of aryl methyl sites for hydroxylation is 1. The van der Waals surface area contributed by atoms with E-state index in [9.17, 15) is 0 Å². The lowest BCUT2D eigenvalue weighted by molar-refractivity contribution is 0.0528. The van der Waals surface area contributed by atoms with Crippen LogP contribution >= 0.6 is 0 Å². The molecule has 1 atom stereocenters. The van der Waals surface area contributed by atoms with Gasteiger partial charge in [-0.2, -0.15) is 0 Å². The van der Waals surface area contributed by atoms with E-state index in [-0.39, 0.29) is 0 Å². The van der Waals surface area contributed by atoms with Crippen molar-refractivity contribution in [2.75, 3.05) is 26.9 Å². The quantitative estimate of drug-likeness (QED) is 0.831. The third-order valence-corrected chi connectivity index (χ3v) is 4.20. The Balaban J connectivity index is 1.86. The normalized spacial score (nSPS) is 17.9. The van der Waals surface area contributed by atoms with Crippen LogP contribution in [-0.4, -0.2) is 32.9 Å². The molecule has 1 aliphatic heterocycles. The van der Waals surface area contributed by atoms with Gasteiger partial charge in [0.2, 0.25) is 0 Å². The monoisotopic (exact) mass is 277 g/mol. The van der Waals surface area contributed by atoms with E-state index >= 15 is 0 Å². The van der Waals surface area contributed by atoms with Crippen molar-refractivity contribution in [3.05, 3.63) is 29.8 Å². The van der Waals surface area contributed by atoms with Crippen molar-refractivity contribution in [2.45, 2.75) is 38.6 Å². The fourth-order valence-electron chi connectivity index (χ4n) is 3.00. The Bertz CT molecular complexity index is 371. The number of hydrogen-bond acceptors (Lipinski definition) is 3. The minimum absolute atomic E-state index is 0.617. The van der Waals surface area contributed by atoms with E-state index in [0.717, 1.165) is 37.8 Å². The SMILES string of the molecule is CCNC(CCc1ccc(OC)cc1)C1CCOCC1. The molecule has 1 aromatic carbocycles. The van der Waals surface area contributed by atoms with Gasteiger partial charge in [-0.1, -0.05) is 19.1 Å². The molecule has 3 nitrogen and oxygen atoms in total. The number of methoxy groups -OCH3 is 1. The first-order chi connectivity index (χ1) is 9.83. The summed E-state index contributed by atoms with van der Waals surface area (Å²) in [4.78, 5) is 0. The molecule has 1 aliphatic rings. The minimum atomic E-state index is 0.617. The van der Waals surface area contributed by atoms with Crippen molar-refractivity contribution in [2.24, 2.45) is 5.92 Å². The van der Waals surface area contributed by atoms with Gasteiger partial charge in [-0.15, -0.1) is 0 Å². The average molecular weight is 277 g/mol. The van der Waals surface area contributed by atoms with Gasteiger partial charge in [-0.3, -0.25) is 0 Å². The molecule has 2 rings (SSSR count). The number of nitrogens with one attached hydrogen (secondary N) is 1. The van der Waals surface area contributed by atoms with Crippen LogP contribution in [0.4, 0.5) is 0 Å². The van der Waals surface area contributed by atoms with E-state index in [2.05, 4.69) is 24.4 Å². The van der Waals surface area contributed by atoms with Gasteiger partial charge in [0.25, 0.3) is 0 Å². The molecule has 0 aliphatic carbocycles. The van der Waals surface area contributed by atoms with Crippen molar-refractivity contribution >= 4 is 0 Å². The van der Waals surface area contributed by atoms with Crippen molar-refractivity contribution in [3.8, 4) is 5.75 Å². The second-order valence-corrected chi connectivity index (χ2v) is 5.50. The Kier molecular flexibility index (Phi) is 6.34. The zero-order valence-electron chi connectivity index (χ0n) is 12.7. The molecule has 0 bridgehead atoms. The largest absolute Gasteiger partial charge is 0.497 e. The lowest BCUT2D eigenvalue weighted by atomic mass is 9.88. The van der Waals surface area contributed by atoms with Crippen LogP contribution in [0.1, 0.15) is 31.7 Å². The molecule has 20 heavy (non-hydrogen) atoms. The lowest BCUT2D eigenvalue weighted by Crippen LogP contribution is -2.39. The van der Waals surface area contributed by atoms with Crippen LogP contribution in [0.15, 0.2) is 24.3 Å². The highest BCUT2D eigenvalue weighted by atomic mass is 16.5. The van der Waals surface area contributed by atoms with Crippen LogP contribution in [0.25, 0.3) is 0 Å². The average Bonchev–Trinajstić information content (AvgIpc) is 2.53. The van der Waals surface area contributed by atoms with E-state index in [1.807, 2.05) is 12.1 Å². The Morgan fingerprint density at radius 1 is 1.25 bits per heavy atom. The fraction of sp³-hybridized carbons (Fsp3) is 0.647. The molecule has 0 saturated carbocycles. The maximum Gasteiger partial charge on any atom is 0.118 e. The van der Waals surface area contributed by atoms with Gasteiger partial charge >= 0.3 is 0 Å². The van der Waals surface area contributed by atoms with Crippen LogP contribution < -0.4 is 10.1 Å². The van der Waals surface area contributed by atoms with Crippen LogP contribution in [0.3, 0.4) is 0 Å². The Hall–Kier alpha value is -1.06. The van der Waals surface area contributed by atoms with Gasteiger partial charge in [-0.25, -0.2) is 0 Å². The highest BCUT2D eigenvalue weighted by Gasteiger charge is 2.22. The highest BCUT2D eigenvalue weighted by molar-refractivity contribution is 5.27. The second-order valence-electron chi connectivity index (χ2n) is 5.50. The molecule has 112 valence electrons. The summed E-state index contributed by atoms with van der Waals surface area (Å²) in [5.74, 6) is 1.70. The Morgan fingerprint density at radius 2 is 1.95 bits per heavy atom. The van der Waals surface area contributed by atoms with E-state index in [1.54, 1.807) is 7.11 Å². The van der Waals surface area contributed by atoms with Gasteiger partial charge in [0, 0.05) is 19.3 Å². The minimum Gasteiger partial charge on any atom is -0.497 e. The number of hydrogen-bond donors (Lipinski definition) is 1. The Labute approximate surface area is 122 Å². The van der Waals surface area contributed by atoms with Gasteiger partial charge in [0.1, 0.15) is 5.75 Å². The fourth-order valence-corrected chi connectivity index (χ4v) is 3.00. The molecule has 0 radical (unpaired) electrons. The third-order valence-electron chi connectivity index (χ3n) is 4.20. The van der Waals surface area contributed by atoms with E-state index < -0.39 is 0 Å². The molecule has 1 aromatic rings. The highest BCUT2D eigenvalue weighted by Crippen LogP contribution is 2.22. The summed E-state index contributed by atoms with van der Waals surface area (Å²) in [5.41, 5.74) is 1.39. The molecule has 3 heteroatoms. The number of ether oxygens (including phenoxy) is 2. The lowest BCUT2D eigenvalue weighted by Gasteiger charge is -2.31. The molecule has 1 heterocycles. The molecule has 0 amide bonds. The smallest absolute Gasteiger partial charge is 0.118 e. The van der Waals surface area contributed by atoms with Crippen LogP contribution in [0.5, 0.6) is 5.75 Å². The van der Waals surface area contributed by atoms with Crippen molar-refractivity contribution in [1.29, 1.82) is 0 Å². The zero-order chi connectivity index (χ0) is 14.2. The summed E-state index contributed by atoms with van der Waals surface area (Å²) in [6, 6.07) is 9.06. The summed E-state index contributed by atoms with van der Waals surface area (Å²) in [6.07, 6.45) is 4.71. The van der Waals surface area contributed by atoms with Crippen molar-refractivity contribution in [1.82, 2.24) is 5.32 Å². The standard InChI is InChI=1S/C17H27NO2/c1-3-18-17(15-10-12-20-13-11-15)9-6-14-4-7-16(19-2)8-5-14/h4-5,7-8,15,17-18H,3,6,9-13H2,1-2H3. The maximum absolute atomic E-state index is 5.47. The molecule has 1 fully saturated rings. The molecule has 1 unspecified atom stereocenters. The first-order valence-corrected chi connectivity index (χ1v) is 7.77. The molecule has 1 saturated heterocycles. The van der Waals surface area contributed by atoms with E-state index in [4.69, 9.17) is 9.47 Å². The number of rotatable bonds is 7. The second kappa shape index (κ2) is 8.28. The molecule has 1 N–H and O–H groups in total. The summed E-state index contributed by atoms with van der Waals surface area (Å²) >= 11 is 0. The predicted molar refractivity (Wildman–Crippen MR) is 82.3 cm³/mol. The van der Waals surface area contributed by atoms with Crippen LogP contribution in [0.2, 0.25) is 0 Å².